The van der Waals surface area contributed by atoms with Gasteiger partial charge in [-0.1, -0.05) is 12.1 Å². The van der Waals surface area contributed by atoms with Gasteiger partial charge in [0.1, 0.15) is 18.4 Å². The molecule has 0 aliphatic rings. The van der Waals surface area contributed by atoms with Gasteiger partial charge < -0.3 is 9.73 Å². The first kappa shape index (κ1) is 11.5. The summed E-state index contributed by atoms with van der Waals surface area (Å²) in [4.78, 5) is 3.97. The molecule has 5 nitrogen and oxygen atoms in total. The highest BCUT2D eigenvalue weighted by Crippen LogP contribution is 2.20. The second kappa shape index (κ2) is 4.97. The first-order valence-electron chi connectivity index (χ1n) is 6.05. The topological polar surface area (TPSA) is 55.9 Å². The van der Waals surface area contributed by atoms with Gasteiger partial charge in [-0.25, -0.2) is 9.67 Å². The number of benzene rings is 1. The van der Waals surface area contributed by atoms with Gasteiger partial charge in [-0.15, -0.1) is 0 Å². The Kier molecular flexibility index (Phi) is 3.02. The summed E-state index contributed by atoms with van der Waals surface area (Å²) >= 11 is 0. The van der Waals surface area contributed by atoms with Crippen LogP contribution in [0.2, 0.25) is 0 Å². The summed E-state index contributed by atoms with van der Waals surface area (Å²) < 4.78 is 7.15. The molecule has 0 fully saturated rings. The number of furan rings is 1. The Bertz CT molecular complexity index is 658. The van der Waals surface area contributed by atoms with Crippen LogP contribution in [0.3, 0.4) is 0 Å². The van der Waals surface area contributed by atoms with Gasteiger partial charge in [-0.05, 0) is 30.7 Å². The van der Waals surface area contributed by atoms with Crippen molar-refractivity contribution < 1.29 is 4.42 Å². The van der Waals surface area contributed by atoms with Gasteiger partial charge in [-0.2, -0.15) is 5.10 Å². The van der Waals surface area contributed by atoms with Crippen LogP contribution in [0.25, 0.3) is 5.69 Å². The molecule has 0 aliphatic carbocycles. The number of aromatic nitrogens is 3. The highest BCUT2D eigenvalue weighted by Gasteiger charge is 2.06. The maximum Gasteiger partial charge on any atom is 0.138 e. The molecule has 19 heavy (non-hydrogen) atoms. The van der Waals surface area contributed by atoms with Gasteiger partial charge in [0.25, 0.3) is 0 Å². The van der Waals surface area contributed by atoms with Crippen LogP contribution >= 0.6 is 0 Å². The lowest BCUT2D eigenvalue weighted by Gasteiger charge is -2.10. The average Bonchev–Trinajstić information content (AvgIpc) is 3.08. The van der Waals surface area contributed by atoms with Crippen LogP contribution in [-0.4, -0.2) is 14.8 Å². The molecule has 1 N–H and O–H groups in total. The fourth-order valence-corrected chi connectivity index (χ4v) is 1.92. The predicted molar refractivity (Wildman–Crippen MR) is 72.1 cm³/mol. The molecule has 96 valence electrons. The molecule has 0 aliphatic heterocycles. The van der Waals surface area contributed by atoms with E-state index in [0.717, 1.165) is 22.7 Å². The van der Waals surface area contributed by atoms with E-state index in [1.54, 1.807) is 17.3 Å². The van der Waals surface area contributed by atoms with Crippen molar-refractivity contribution in [3.8, 4) is 5.69 Å². The van der Waals surface area contributed by atoms with E-state index in [1.165, 1.54) is 6.33 Å². The average molecular weight is 254 g/mol. The minimum Gasteiger partial charge on any atom is -0.467 e. The molecule has 3 rings (SSSR count). The molecule has 0 bridgehead atoms. The van der Waals surface area contributed by atoms with Crippen LogP contribution in [0.4, 0.5) is 5.69 Å². The summed E-state index contributed by atoms with van der Waals surface area (Å²) in [7, 11) is 0. The maximum absolute atomic E-state index is 5.42. The lowest BCUT2D eigenvalue weighted by atomic mass is 10.2. The largest absolute Gasteiger partial charge is 0.467 e. The second-order valence-electron chi connectivity index (χ2n) is 4.24. The summed E-state index contributed by atoms with van der Waals surface area (Å²) in [5, 5.41) is 7.51. The Morgan fingerprint density at radius 3 is 2.89 bits per heavy atom. The van der Waals surface area contributed by atoms with Gasteiger partial charge in [0, 0.05) is 0 Å². The first-order valence-corrected chi connectivity index (χ1v) is 6.05. The first-order chi connectivity index (χ1) is 9.34. The number of nitrogens with one attached hydrogen (secondary N) is 1. The van der Waals surface area contributed by atoms with Gasteiger partial charge in [-0.3, -0.25) is 0 Å². The summed E-state index contributed by atoms with van der Waals surface area (Å²) in [6.45, 7) is 2.67. The molecular weight excluding hydrogens is 240 g/mol. The summed E-state index contributed by atoms with van der Waals surface area (Å²) in [6, 6.07) is 9.92. The molecule has 2 aromatic heterocycles. The van der Waals surface area contributed by atoms with Gasteiger partial charge in [0.05, 0.1) is 24.2 Å². The summed E-state index contributed by atoms with van der Waals surface area (Å²) in [6.07, 6.45) is 4.90. The predicted octanol–water partition coefficient (Wildman–Crippen LogP) is 2.78. The Morgan fingerprint density at radius 2 is 2.16 bits per heavy atom. The fraction of sp³-hybridized carbons (Fsp3) is 0.143. The van der Waals surface area contributed by atoms with Gasteiger partial charge >= 0.3 is 0 Å². The molecule has 0 atom stereocenters. The molecular formula is C14H14N4O. The van der Waals surface area contributed by atoms with Crippen molar-refractivity contribution in [2.24, 2.45) is 0 Å². The molecule has 0 radical (unpaired) electrons. The summed E-state index contributed by atoms with van der Waals surface area (Å²) in [5.41, 5.74) is 3.10. The zero-order chi connectivity index (χ0) is 13.1. The van der Waals surface area contributed by atoms with Crippen molar-refractivity contribution >= 4 is 5.69 Å². The van der Waals surface area contributed by atoms with E-state index in [-0.39, 0.29) is 0 Å². The van der Waals surface area contributed by atoms with E-state index in [2.05, 4.69) is 15.4 Å². The maximum atomic E-state index is 5.42. The quantitative estimate of drug-likeness (QED) is 0.777. The molecule has 3 aromatic rings. The van der Waals surface area contributed by atoms with Crippen molar-refractivity contribution in [1.82, 2.24) is 14.8 Å². The van der Waals surface area contributed by atoms with E-state index in [9.17, 15) is 0 Å². The number of hydrogen-bond acceptors (Lipinski definition) is 4. The molecule has 0 spiro atoms. The van der Waals surface area contributed by atoms with E-state index < -0.39 is 0 Å². The number of para-hydroxylation sites is 2. The van der Waals surface area contributed by atoms with E-state index in [4.69, 9.17) is 4.42 Å². The Hall–Kier alpha value is -2.56. The highest BCUT2D eigenvalue weighted by atomic mass is 16.3. The van der Waals surface area contributed by atoms with E-state index in [1.807, 2.05) is 37.3 Å². The molecule has 2 heterocycles. The highest BCUT2D eigenvalue weighted by molar-refractivity contribution is 5.60. The third kappa shape index (κ3) is 2.35. The number of anilines is 1. The lowest BCUT2D eigenvalue weighted by molar-refractivity contribution is 0.515. The molecule has 0 saturated heterocycles. The van der Waals surface area contributed by atoms with Crippen LogP contribution in [0.5, 0.6) is 0 Å². The zero-order valence-electron chi connectivity index (χ0n) is 10.6. The van der Waals surface area contributed by atoms with Crippen molar-refractivity contribution in [3.63, 3.8) is 0 Å². The van der Waals surface area contributed by atoms with Crippen molar-refractivity contribution in [1.29, 1.82) is 0 Å². The standard InChI is InChI=1S/C14H14N4O/c1-11-6-7-19-14(11)8-16-12-4-2-3-5-13(12)18-10-15-9-17-18/h2-7,9-10,16H,8H2,1H3. The van der Waals surface area contributed by atoms with Gasteiger partial charge in [0.2, 0.25) is 0 Å². The molecule has 1 aromatic carbocycles. The number of aryl methyl sites for hydroxylation is 1. The lowest BCUT2D eigenvalue weighted by Crippen LogP contribution is -2.04. The van der Waals surface area contributed by atoms with Crippen LogP contribution in [0.15, 0.2) is 53.7 Å². The van der Waals surface area contributed by atoms with Crippen molar-refractivity contribution in [3.05, 3.63) is 60.6 Å². The third-order valence-corrected chi connectivity index (χ3v) is 2.98. The monoisotopic (exact) mass is 254 g/mol. The van der Waals surface area contributed by atoms with Crippen LogP contribution in [0.1, 0.15) is 11.3 Å². The minimum absolute atomic E-state index is 0.643. The third-order valence-electron chi connectivity index (χ3n) is 2.98. The Balaban J connectivity index is 1.84. The van der Waals surface area contributed by atoms with Crippen LogP contribution < -0.4 is 5.32 Å². The fourth-order valence-electron chi connectivity index (χ4n) is 1.92. The van der Waals surface area contributed by atoms with Crippen LogP contribution in [0, 0.1) is 6.92 Å². The normalized spacial score (nSPS) is 10.6. The number of hydrogen-bond donors (Lipinski definition) is 1. The SMILES string of the molecule is Cc1ccoc1CNc1ccccc1-n1cncn1. The summed E-state index contributed by atoms with van der Waals surface area (Å²) in [5.74, 6) is 0.938. The molecule has 0 unspecified atom stereocenters. The smallest absolute Gasteiger partial charge is 0.138 e. The van der Waals surface area contributed by atoms with Crippen molar-refractivity contribution in [2.75, 3.05) is 5.32 Å². The van der Waals surface area contributed by atoms with Crippen LogP contribution in [-0.2, 0) is 6.54 Å². The zero-order valence-corrected chi connectivity index (χ0v) is 10.6. The Labute approximate surface area is 110 Å². The molecule has 0 amide bonds. The van der Waals surface area contributed by atoms with Gasteiger partial charge in [0.15, 0.2) is 0 Å². The molecule has 5 heteroatoms. The van der Waals surface area contributed by atoms with Crippen molar-refractivity contribution in [2.45, 2.75) is 13.5 Å². The second-order valence-corrected chi connectivity index (χ2v) is 4.24. The minimum atomic E-state index is 0.643. The number of nitrogens with zero attached hydrogens (tertiary/aromatic N) is 3. The Morgan fingerprint density at radius 1 is 1.26 bits per heavy atom. The number of rotatable bonds is 4. The molecule has 0 saturated carbocycles. The van der Waals surface area contributed by atoms with E-state index in [0.29, 0.717) is 6.54 Å². The van der Waals surface area contributed by atoms with E-state index >= 15 is 0 Å².